The molecule has 0 aromatic carbocycles. The average Bonchev–Trinajstić information content (AvgIpc) is 2.49. The molecule has 7 heteroatoms. The third kappa shape index (κ3) is 2.64. The number of hydrogen-bond acceptors (Lipinski definition) is 4. The molecule has 2 amide bonds. The molecule has 2 heterocycles. The minimum absolute atomic E-state index is 0.0411. The van der Waals surface area contributed by atoms with Gasteiger partial charge in [-0.3, -0.25) is 9.59 Å². The number of aliphatic carboxylic acids is 1. The number of nitrogens with zero attached hydrogens (tertiary/aromatic N) is 1. The van der Waals surface area contributed by atoms with Gasteiger partial charge in [0, 0.05) is 18.6 Å². The molecule has 2 aliphatic carbocycles. The molecule has 2 saturated heterocycles. The summed E-state index contributed by atoms with van der Waals surface area (Å²) < 4.78 is 4.81. The number of carbonyl (C=O) groups is 3. The van der Waals surface area contributed by atoms with E-state index in [1.165, 1.54) is 7.11 Å². The normalized spacial score (nSPS) is 36.4. The van der Waals surface area contributed by atoms with Crippen LogP contribution in [0.2, 0.25) is 0 Å². The van der Waals surface area contributed by atoms with E-state index in [-0.39, 0.29) is 35.9 Å². The van der Waals surface area contributed by atoms with Gasteiger partial charge in [-0.15, -0.1) is 0 Å². The van der Waals surface area contributed by atoms with E-state index >= 15 is 0 Å². The Labute approximate surface area is 129 Å². The Morgan fingerprint density at radius 3 is 2.50 bits per heavy atom. The highest BCUT2D eigenvalue weighted by Crippen LogP contribution is 2.40. The third-order valence-electron chi connectivity index (χ3n) is 5.36. The maximum Gasteiger partial charge on any atom is 0.409 e. The average molecular weight is 310 g/mol. The van der Waals surface area contributed by atoms with Gasteiger partial charge < -0.3 is 20.1 Å². The lowest BCUT2D eigenvalue weighted by Crippen LogP contribution is -2.60. The predicted octanol–water partition coefficient (Wildman–Crippen LogP) is 0.833. The second-order valence-corrected chi connectivity index (χ2v) is 6.69. The fourth-order valence-electron chi connectivity index (χ4n) is 4.05. The fourth-order valence-corrected chi connectivity index (χ4v) is 4.05. The lowest BCUT2D eigenvalue weighted by molar-refractivity contribution is -0.147. The maximum atomic E-state index is 12.5. The summed E-state index contributed by atoms with van der Waals surface area (Å²) in [6.45, 7) is 0.672. The van der Waals surface area contributed by atoms with Crippen LogP contribution in [0, 0.1) is 17.8 Å². The lowest BCUT2D eigenvalue weighted by Gasteiger charge is -2.49. The van der Waals surface area contributed by atoms with Crippen molar-refractivity contribution in [1.29, 1.82) is 0 Å². The second kappa shape index (κ2) is 5.78. The first-order valence-corrected chi connectivity index (χ1v) is 7.87. The number of carboxylic acid groups (broad SMARTS) is 1. The van der Waals surface area contributed by atoms with Gasteiger partial charge in [0.25, 0.3) is 0 Å². The van der Waals surface area contributed by atoms with E-state index in [2.05, 4.69) is 5.32 Å². The van der Waals surface area contributed by atoms with Crippen LogP contribution in [-0.4, -0.2) is 53.7 Å². The summed E-state index contributed by atoms with van der Waals surface area (Å²) in [4.78, 5) is 36.8. The van der Waals surface area contributed by atoms with E-state index in [0.29, 0.717) is 25.3 Å². The smallest absolute Gasteiger partial charge is 0.409 e. The molecule has 2 N–H and O–H groups in total. The van der Waals surface area contributed by atoms with Crippen LogP contribution in [0.4, 0.5) is 4.79 Å². The van der Waals surface area contributed by atoms with E-state index in [4.69, 9.17) is 9.84 Å². The van der Waals surface area contributed by atoms with Crippen molar-refractivity contribution in [3.05, 3.63) is 0 Å². The van der Waals surface area contributed by atoms with Crippen LogP contribution in [0.1, 0.15) is 32.1 Å². The van der Waals surface area contributed by atoms with Gasteiger partial charge in [0.2, 0.25) is 5.91 Å². The minimum Gasteiger partial charge on any atom is -0.481 e. The van der Waals surface area contributed by atoms with Crippen molar-refractivity contribution in [2.75, 3.05) is 13.7 Å². The molecule has 7 nitrogen and oxygen atoms in total. The molecular weight excluding hydrogens is 288 g/mol. The van der Waals surface area contributed by atoms with Crippen molar-refractivity contribution < 1.29 is 24.2 Å². The first-order chi connectivity index (χ1) is 10.5. The van der Waals surface area contributed by atoms with Gasteiger partial charge in [-0.1, -0.05) is 0 Å². The zero-order chi connectivity index (χ0) is 15.9. The van der Waals surface area contributed by atoms with Crippen LogP contribution < -0.4 is 5.32 Å². The number of methoxy groups -OCH3 is 1. The minimum atomic E-state index is -0.793. The molecule has 22 heavy (non-hydrogen) atoms. The number of piperidine rings is 2. The summed E-state index contributed by atoms with van der Waals surface area (Å²) >= 11 is 0. The van der Waals surface area contributed by atoms with Gasteiger partial charge in [-0.05, 0) is 38.0 Å². The molecule has 0 spiro atoms. The molecule has 4 rings (SSSR count). The van der Waals surface area contributed by atoms with E-state index in [0.717, 1.165) is 19.3 Å². The molecular formula is C15H22N2O5. The number of carbonyl (C=O) groups excluding carboxylic acids is 2. The number of hydrogen-bond donors (Lipinski definition) is 2. The van der Waals surface area contributed by atoms with E-state index in [1.807, 2.05) is 0 Å². The summed E-state index contributed by atoms with van der Waals surface area (Å²) in [5, 5.41) is 11.8. The Kier molecular flexibility index (Phi) is 3.97. The van der Waals surface area contributed by atoms with Crippen molar-refractivity contribution >= 4 is 18.0 Å². The molecule has 122 valence electrons. The topological polar surface area (TPSA) is 95.9 Å². The van der Waals surface area contributed by atoms with Crippen molar-refractivity contribution in [2.24, 2.45) is 17.8 Å². The van der Waals surface area contributed by atoms with Crippen LogP contribution in [0.15, 0.2) is 0 Å². The highest BCUT2D eigenvalue weighted by atomic mass is 16.5. The van der Waals surface area contributed by atoms with Crippen molar-refractivity contribution in [2.45, 2.75) is 44.2 Å². The Balaban J connectivity index is 1.58. The third-order valence-corrected chi connectivity index (χ3v) is 5.36. The van der Waals surface area contributed by atoms with Crippen LogP contribution in [0.5, 0.6) is 0 Å². The Morgan fingerprint density at radius 2 is 1.91 bits per heavy atom. The standard InChI is InChI=1S/C15H22N2O5/c1-22-15(21)17-7-8-2-3-12(17)11(4-8)13(18)16-10-5-9(6-10)14(19)20/h8-12H,2-7H2,1H3,(H,16,18)(H,19,20). The van der Waals surface area contributed by atoms with Crippen molar-refractivity contribution in [1.82, 2.24) is 10.2 Å². The van der Waals surface area contributed by atoms with Crippen LogP contribution in [-0.2, 0) is 14.3 Å². The number of amides is 2. The van der Waals surface area contributed by atoms with Gasteiger partial charge in [0.05, 0.1) is 18.9 Å². The monoisotopic (exact) mass is 310 g/mol. The van der Waals surface area contributed by atoms with Gasteiger partial charge in [-0.2, -0.15) is 0 Å². The largest absolute Gasteiger partial charge is 0.481 e. The molecule has 3 atom stereocenters. The van der Waals surface area contributed by atoms with E-state index < -0.39 is 5.97 Å². The summed E-state index contributed by atoms with van der Waals surface area (Å²) in [6, 6.07) is -0.131. The zero-order valence-electron chi connectivity index (χ0n) is 12.7. The van der Waals surface area contributed by atoms with Crippen molar-refractivity contribution in [3.63, 3.8) is 0 Å². The van der Waals surface area contributed by atoms with Crippen LogP contribution >= 0.6 is 0 Å². The van der Waals surface area contributed by atoms with Crippen LogP contribution in [0.3, 0.4) is 0 Å². The Morgan fingerprint density at radius 1 is 1.18 bits per heavy atom. The summed E-state index contributed by atoms with van der Waals surface area (Å²) in [5.41, 5.74) is 0. The number of carboxylic acids is 1. The van der Waals surface area contributed by atoms with E-state index in [1.54, 1.807) is 4.90 Å². The summed E-state index contributed by atoms with van der Waals surface area (Å²) in [5.74, 6) is -1.01. The quantitative estimate of drug-likeness (QED) is 0.805. The first kappa shape index (κ1) is 15.1. The molecule has 0 aromatic heterocycles. The number of ether oxygens (including phenoxy) is 1. The molecule has 3 unspecified atom stereocenters. The van der Waals surface area contributed by atoms with Crippen LogP contribution in [0.25, 0.3) is 0 Å². The zero-order valence-corrected chi connectivity index (χ0v) is 12.7. The molecule has 0 aromatic rings. The molecule has 2 saturated carbocycles. The highest BCUT2D eigenvalue weighted by molar-refractivity contribution is 5.82. The van der Waals surface area contributed by atoms with Gasteiger partial charge in [0.15, 0.2) is 0 Å². The first-order valence-electron chi connectivity index (χ1n) is 7.87. The number of nitrogens with one attached hydrogen (secondary N) is 1. The highest BCUT2D eigenvalue weighted by Gasteiger charge is 2.47. The molecule has 0 radical (unpaired) electrons. The molecule has 2 aliphatic heterocycles. The molecule has 4 aliphatic rings. The lowest BCUT2D eigenvalue weighted by atomic mass is 9.72. The Hall–Kier alpha value is -1.79. The van der Waals surface area contributed by atoms with Crippen molar-refractivity contribution in [3.8, 4) is 0 Å². The van der Waals surface area contributed by atoms with Gasteiger partial charge >= 0.3 is 12.1 Å². The fraction of sp³-hybridized carbons (Fsp3) is 0.800. The molecule has 2 bridgehead atoms. The van der Waals surface area contributed by atoms with E-state index in [9.17, 15) is 14.4 Å². The summed E-state index contributed by atoms with van der Waals surface area (Å²) in [6.07, 6.45) is 3.33. The number of fused-ring (bicyclic) bond motifs is 3. The van der Waals surface area contributed by atoms with Gasteiger partial charge in [0.1, 0.15) is 0 Å². The Bertz CT molecular complexity index is 488. The molecule has 4 fully saturated rings. The maximum absolute atomic E-state index is 12.5. The SMILES string of the molecule is COC(=O)N1CC2CCC1C(C(=O)NC1CC(C(=O)O)C1)C2. The summed E-state index contributed by atoms with van der Waals surface area (Å²) in [7, 11) is 1.36. The van der Waals surface area contributed by atoms with Gasteiger partial charge in [-0.25, -0.2) is 4.79 Å². The predicted molar refractivity (Wildman–Crippen MR) is 76.0 cm³/mol. The number of rotatable bonds is 3. The second-order valence-electron chi connectivity index (χ2n) is 6.69.